The number of hydrogen-bond acceptors (Lipinski definition) is 4. The maximum atomic E-state index is 13.2. The number of hydrogen-bond donors (Lipinski definition) is 2. The van der Waals surface area contributed by atoms with Crippen LogP contribution in [0.15, 0.2) is 16.9 Å². The Kier molecular flexibility index (Phi) is 7.86. The van der Waals surface area contributed by atoms with Crippen molar-refractivity contribution in [2.45, 2.75) is 45.7 Å². The predicted octanol–water partition coefficient (Wildman–Crippen LogP) is 3.75. The molecular weight excluding hydrogens is 427 g/mol. The van der Waals surface area contributed by atoms with Gasteiger partial charge in [0, 0.05) is 38.1 Å². The van der Waals surface area contributed by atoms with E-state index in [2.05, 4.69) is 12.2 Å². The smallest absolute Gasteiger partial charge is 0.317 e. The summed E-state index contributed by atoms with van der Waals surface area (Å²) in [5.74, 6) is 0.546. The van der Waals surface area contributed by atoms with Gasteiger partial charge in [0.15, 0.2) is 0 Å². The molecule has 2 aromatic rings. The Morgan fingerprint density at radius 2 is 1.87 bits per heavy atom. The Morgan fingerprint density at radius 3 is 2.50 bits per heavy atom. The number of carbonyl (C=O) groups excluding carboxylic acids is 1. The lowest BCUT2D eigenvalue weighted by Gasteiger charge is -2.21. The molecule has 1 saturated heterocycles. The van der Waals surface area contributed by atoms with Crippen molar-refractivity contribution in [2.75, 3.05) is 26.2 Å². The SMILES string of the molecule is CCCCOc1c(CN)n(CCNC(=O)N2CCCC2)c(=O)c2cc(Cl)c(Cl)cc12. The third-order valence-electron chi connectivity index (χ3n) is 5.31. The number of urea groups is 1. The van der Waals surface area contributed by atoms with Gasteiger partial charge in [-0.25, -0.2) is 4.79 Å². The third-order valence-corrected chi connectivity index (χ3v) is 6.03. The summed E-state index contributed by atoms with van der Waals surface area (Å²) < 4.78 is 7.61. The molecule has 1 aliphatic heterocycles. The number of halogens is 2. The molecule has 0 unspecified atom stereocenters. The molecule has 0 spiro atoms. The van der Waals surface area contributed by atoms with E-state index < -0.39 is 0 Å². The van der Waals surface area contributed by atoms with Crippen LogP contribution in [0.25, 0.3) is 10.8 Å². The Morgan fingerprint density at radius 1 is 1.20 bits per heavy atom. The van der Waals surface area contributed by atoms with E-state index in [0.29, 0.717) is 45.4 Å². The standard InChI is InChI=1S/C21H28Cl2N4O3/c1-2-3-10-30-19-14-11-16(22)17(23)12-15(14)20(28)27(18(19)13-24)9-6-25-21(29)26-7-4-5-8-26/h11-12H,2-10,13,24H2,1H3,(H,25,29). The van der Waals surface area contributed by atoms with Gasteiger partial charge in [-0.05, 0) is 31.4 Å². The van der Waals surface area contributed by atoms with E-state index >= 15 is 0 Å². The van der Waals surface area contributed by atoms with Gasteiger partial charge in [-0.3, -0.25) is 4.79 Å². The second kappa shape index (κ2) is 10.4. The van der Waals surface area contributed by atoms with E-state index in [1.54, 1.807) is 21.6 Å². The van der Waals surface area contributed by atoms with E-state index in [9.17, 15) is 9.59 Å². The Hall–Kier alpha value is -1.96. The summed E-state index contributed by atoms with van der Waals surface area (Å²) in [7, 11) is 0. The third kappa shape index (κ3) is 4.85. The molecule has 2 amide bonds. The summed E-state index contributed by atoms with van der Waals surface area (Å²) in [5.41, 5.74) is 6.37. The first-order valence-corrected chi connectivity index (χ1v) is 11.1. The summed E-state index contributed by atoms with van der Waals surface area (Å²) >= 11 is 12.4. The number of fused-ring (bicyclic) bond motifs is 1. The summed E-state index contributed by atoms with van der Waals surface area (Å²) in [6.45, 7) is 4.82. The second-order valence-electron chi connectivity index (χ2n) is 7.38. The van der Waals surface area contributed by atoms with Crippen molar-refractivity contribution < 1.29 is 9.53 Å². The highest BCUT2D eigenvalue weighted by atomic mass is 35.5. The lowest BCUT2D eigenvalue weighted by Crippen LogP contribution is -2.40. The first kappa shape index (κ1) is 22.7. The number of ether oxygens (including phenoxy) is 1. The number of pyridine rings is 1. The van der Waals surface area contributed by atoms with Gasteiger partial charge in [-0.1, -0.05) is 36.5 Å². The first-order chi connectivity index (χ1) is 14.5. The number of rotatable bonds is 8. The van der Waals surface area contributed by atoms with Crippen LogP contribution in [0.3, 0.4) is 0 Å². The topological polar surface area (TPSA) is 89.6 Å². The maximum Gasteiger partial charge on any atom is 0.317 e. The number of carbonyl (C=O) groups is 1. The van der Waals surface area contributed by atoms with Crippen LogP contribution in [0.1, 0.15) is 38.3 Å². The monoisotopic (exact) mass is 454 g/mol. The molecule has 164 valence electrons. The highest BCUT2D eigenvalue weighted by Crippen LogP contribution is 2.34. The van der Waals surface area contributed by atoms with Crippen molar-refractivity contribution in [3.8, 4) is 5.75 Å². The van der Waals surface area contributed by atoms with Crippen molar-refractivity contribution in [1.82, 2.24) is 14.8 Å². The van der Waals surface area contributed by atoms with Crippen molar-refractivity contribution >= 4 is 40.0 Å². The Bertz CT molecular complexity index is 971. The van der Waals surface area contributed by atoms with Gasteiger partial charge in [-0.15, -0.1) is 0 Å². The fraction of sp³-hybridized carbons (Fsp3) is 0.524. The number of nitrogens with one attached hydrogen (secondary N) is 1. The zero-order valence-electron chi connectivity index (χ0n) is 17.2. The zero-order chi connectivity index (χ0) is 21.7. The fourth-order valence-electron chi connectivity index (χ4n) is 3.68. The van der Waals surface area contributed by atoms with E-state index in [4.69, 9.17) is 33.7 Å². The molecular formula is C21H28Cl2N4O3. The van der Waals surface area contributed by atoms with Crippen LogP contribution < -0.4 is 21.3 Å². The minimum absolute atomic E-state index is 0.107. The van der Waals surface area contributed by atoms with Crippen molar-refractivity contribution in [1.29, 1.82) is 0 Å². The quantitative estimate of drug-likeness (QED) is 0.594. The van der Waals surface area contributed by atoms with Crippen LogP contribution in [0.5, 0.6) is 5.75 Å². The van der Waals surface area contributed by atoms with Gasteiger partial charge in [0.25, 0.3) is 5.56 Å². The number of amides is 2. The summed E-state index contributed by atoms with van der Waals surface area (Å²) in [6, 6.07) is 3.11. The van der Waals surface area contributed by atoms with Gasteiger partial charge in [-0.2, -0.15) is 0 Å². The molecule has 1 aliphatic rings. The van der Waals surface area contributed by atoms with Crippen LogP contribution in [-0.2, 0) is 13.1 Å². The molecule has 0 bridgehead atoms. The largest absolute Gasteiger partial charge is 0.491 e. The average molecular weight is 455 g/mol. The number of unbranched alkanes of at least 4 members (excludes halogenated alkanes) is 1. The van der Waals surface area contributed by atoms with Crippen LogP contribution in [0.4, 0.5) is 4.79 Å². The highest BCUT2D eigenvalue weighted by Gasteiger charge is 2.20. The molecule has 3 N–H and O–H groups in total. The normalized spacial score (nSPS) is 13.8. The predicted molar refractivity (Wildman–Crippen MR) is 121 cm³/mol. The Balaban J connectivity index is 1.95. The molecule has 0 saturated carbocycles. The maximum absolute atomic E-state index is 13.2. The molecule has 1 aromatic heterocycles. The number of nitrogens with zero attached hydrogens (tertiary/aromatic N) is 2. The van der Waals surface area contributed by atoms with Gasteiger partial charge in [0.2, 0.25) is 0 Å². The van der Waals surface area contributed by atoms with Gasteiger partial charge in [0.05, 0.1) is 27.7 Å². The molecule has 7 nitrogen and oxygen atoms in total. The number of benzene rings is 1. The van der Waals surface area contributed by atoms with Crippen LogP contribution in [0, 0.1) is 0 Å². The molecule has 2 heterocycles. The molecule has 9 heteroatoms. The average Bonchev–Trinajstić information content (AvgIpc) is 3.27. The van der Waals surface area contributed by atoms with E-state index in [-0.39, 0.29) is 24.7 Å². The lowest BCUT2D eigenvalue weighted by molar-refractivity contribution is 0.208. The zero-order valence-corrected chi connectivity index (χ0v) is 18.7. The summed E-state index contributed by atoms with van der Waals surface area (Å²) in [4.78, 5) is 27.3. The van der Waals surface area contributed by atoms with E-state index in [0.717, 1.165) is 38.8 Å². The van der Waals surface area contributed by atoms with Gasteiger partial charge >= 0.3 is 6.03 Å². The molecule has 0 aliphatic carbocycles. The van der Waals surface area contributed by atoms with Crippen LogP contribution >= 0.6 is 23.2 Å². The van der Waals surface area contributed by atoms with E-state index in [1.807, 2.05) is 0 Å². The van der Waals surface area contributed by atoms with Crippen molar-refractivity contribution in [2.24, 2.45) is 5.73 Å². The first-order valence-electron chi connectivity index (χ1n) is 10.4. The number of aromatic nitrogens is 1. The number of nitrogens with two attached hydrogens (primary N) is 1. The second-order valence-corrected chi connectivity index (χ2v) is 8.19. The minimum atomic E-state index is -0.234. The van der Waals surface area contributed by atoms with Crippen LogP contribution in [0.2, 0.25) is 10.0 Å². The minimum Gasteiger partial charge on any atom is -0.491 e. The number of likely N-dealkylation sites (tertiary alicyclic amines) is 1. The molecule has 0 radical (unpaired) electrons. The fourth-order valence-corrected chi connectivity index (χ4v) is 4.01. The summed E-state index contributed by atoms with van der Waals surface area (Å²) in [6.07, 6.45) is 3.90. The lowest BCUT2D eigenvalue weighted by atomic mass is 10.1. The Labute approximate surface area is 186 Å². The molecule has 1 aromatic carbocycles. The molecule has 0 atom stereocenters. The van der Waals surface area contributed by atoms with E-state index in [1.165, 1.54) is 0 Å². The van der Waals surface area contributed by atoms with Crippen molar-refractivity contribution in [3.63, 3.8) is 0 Å². The van der Waals surface area contributed by atoms with Crippen molar-refractivity contribution in [3.05, 3.63) is 38.2 Å². The summed E-state index contributed by atoms with van der Waals surface area (Å²) in [5, 5.41) is 4.56. The molecule has 1 fully saturated rings. The molecule has 30 heavy (non-hydrogen) atoms. The van der Waals surface area contributed by atoms with Gasteiger partial charge in [0.1, 0.15) is 5.75 Å². The van der Waals surface area contributed by atoms with Crippen LogP contribution in [-0.4, -0.2) is 41.7 Å². The van der Waals surface area contributed by atoms with Gasteiger partial charge < -0.3 is 25.3 Å². The highest BCUT2D eigenvalue weighted by molar-refractivity contribution is 6.42. The molecule has 3 rings (SSSR count).